The van der Waals surface area contributed by atoms with E-state index in [1.807, 2.05) is 0 Å². The van der Waals surface area contributed by atoms with Gasteiger partial charge in [-0.2, -0.15) is 0 Å². The van der Waals surface area contributed by atoms with Crippen LogP contribution in [-0.4, -0.2) is 41.4 Å². The normalized spacial score (nSPS) is 26.2. The van der Waals surface area contributed by atoms with Crippen LogP contribution in [0.1, 0.15) is 18.4 Å². The summed E-state index contributed by atoms with van der Waals surface area (Å²) < 4.78 is 13.9. The summed E-state index contributed by atoms with van der Waals surface area (Å²) in [5.74, 6) is 0.858. The van der Waals surface area contributed by atoms with Gasteiger partial charge in [0.05, 0.1) is 16.8 Å². The first-order chi connectivity index (χ1) is 11.0. The van der Waals surface area contributed by atoms with Gasteiger partial charge in [0.15, 0.2) is 0 Å². The first kappa shape index (κ1) is 14.3. The van der Waals surface area contributed by atoms with Crippen LogP contribution in [0.5, 0.6) is 0 Å². The smallest absolute Gasteiger partial charge is 0.132 e. The van der Waals surface area contributed by atoms with Crippen molar-refractivity contribution >= 4 is 28.2 Å². The number of nitrogens with one attached hydrogen (secondary N) is 3. The van der Waals surface area contributed by atoms with Gasteiger partial charge in [0.1, 0.15) is 17.5 Å². The SMILES string of the molecule is CNc1cc(F)cc2c(C(=N)N3CC4CC3CC4N)c(N)[nH]c12. The molecule has 6 nitrogen and oxygen atoms in total. The van der Waals surface area contributed by atoms with E-state index >= 15 is 0 Å². The summed E-state index contributed by atoms with van der Waals surface area (Å²) in [6.45, 7) is 0.783. The lowest BCUT2D eigenvalue weighted by Gasteiger charge is -2.32. The van der Waals surface area contributed by atoms with Gasteiger partial charge in [-0.3, -0.25) is 5.41 Å². The Hall–Kier alpha value is -2.28. The van der Waals surface area contributed by atoms with Gasteiger partial charge in [0.2, 0.25) is 0 Å². The van der Waals surface area contributed by atoms with E-state index in [0.29, 0.717) is 40.3 Å². The maximum absolute atomic E-state index is 13.9. The lowest BCUT2D eigenvalue weighted by Crippen LogP contribution is -2.44. The van der Waals surface area contributed by atoms with Crippen LogP contribution in [0.3, 0.4) is 0 Å². The molecular weight excluding hydrogens is 295 g/mol. The highest BCUT2D eigenvalue weighted by atomic mass is 19.1. The molecule has 7 N–H and O–H groups in total. The van der Waals surface area contributed by atoms with Crippen molar-refractivity contribution < 1.29 is 4.39 Å². The number of hydrogen-bond donors (Lipinski definition) is 5. The van der Waals surface area contributed by atoms with Crippen molar-refractivity contribution in [3.63, 3.8) is 0 Å². The Bertz CT molecular complexity index is 795. The van der Waals surface area contributed by atoms with Gasteiger partial charge in [0, 0.05) is 31.1 Å². The molecule has 7 heteroatoms. The number of nitrogens with two attached hydrogens (primary N) is 2. The van der Waals surface area contributed by atoms with Gasteiger partial charge in [-0.25, -0.2) is 4.39 Å². The summed E-state index contributed by atoms with van der Waals surface area (Å²) in [6, 6.07) is 3.39. The zero-order valence-electron chi connectivity index (χ0n) is 13.0. The van der Waals surface area contributed by atoms with Gasteiger partial charge in [-0.1, -0.05) is 0 Å². The van der Waals surface area contributed by atoms with Crippen molar-refractivity contribution in [3.8, 4) is 0 Å². The fourth-order valence-electron chi connectivity index (χ4n) is 4.14. The number of nitrogens with zero attached hydrogens (tertiary/aromatic N) is 1. The molecule has 2 aromatic rings. The largest absolute Gasteiger partial charge is 0.386 e. The molecule has 1 saturated heterocycles. The number of anilines is 2. The number of amidine groups is 1. The van der Waals surface area contributed by atoms with E-state index in [-0.39, 0.29) is 11.9 Å². The Morgan fingerprint density at radius 3 is 2.83 bits per heavy atom. The van der Waals surface area contributed by atoms with Crippen molar-refractivity contribution in [2.75, 3.05) is 24.6 Å². The third kappa shape index (κ3) is 1.99. The van der Waals surface area contributed by atoms with Gasteiger partial charge in [0.25, 0.3) is 0 Å². The van der Waals surface area contributed by atoms with Crippen molar-refractivity contribution in [3.05, 3.63) is 23.5 Å². The van der Waals surface area contributed by atoms with Crippen molar-refractivity contribution in [2.24, 2.45) is 11.7 Å². The third-order valence-corrected chi connectivity index (χ3v) is 5.29. The first-order valence-corrected chi connectivity index (χ1v) is 7.89. The van der Waals surface area contributed by atoms with Crippen LogP contribution in [0.25, 0.3) is 10.9 Å². The van der Waals surface area contributed by atoms with E-state index < -0.39 is 0 Å². The number of aromatic nitrogens is 1. The van der Waals surface area contributed by atoms with Gasteiger partial charge in [-0.15, -0.1) is 0 Å². The number of aromatic amines is 1. The average Bonchev–Trinajstić information content (AvgIpc) is 3.17. The summed E-state index contributed by atoms with van der Waals surface area (Å²) in [6.07, 6.45) is 1.94. The molecule has 23 heavy (non-hydrogen) atoms. The van der Waals surface area contributed by atoms with Crippen LogP contribution < -0.4 is 16.8 Å². The molecule has 2 heterocycles. The Labute approximate surface area is 133 Å². The molecule has 0 amide bonds. The van der Waals surface area contributed by atoms with Crippen molar-refractivity contribution in [2.45, 2.75) is 24.9 Å². The fraction of sp³-hybridized carbons (Fsp3) is 0.438. The number of fused-ring (bicyclic) bond motifs is 3. The van der Waals surface area contributed by atoms with Crippen molar-refractivity contribution in [1.29, 1.82) is 5.41 Å². The molecule has 1 aliphatic carbocycles. The fourth-order valence-corrected chi connectivity index (χ4v) is 4.14. The number of nitrogen functional groups attached to an aromatic ring is 1. The molecule has 3 atom stereocenters. The van der Waals surface area contributed by atoms with E-state index in [2.05, 4.69) is 15.2 Å². The topological polar surface area (TPSA) is 107 Å². The lowest BCUT2D eigenvalue weighted by molar-refractivity contribution is 0.301. The van der Waals surface area contributed by atoms with Gasteiger partial charge in [-0.05, 0) is 30.9 Å². The van der Waals surface area contributed by atoms with Crippen LogP contribution in [0.15, 0.2) is 12.1 Å². The second-order valence-corrected chi connectivity index (χ2v) is 6.59. The standard InChI is InChI=1S/C16H21FN6/c1-21-12-4-8(17)3-10-13(15(19)22-14(10)12)16(20)23-6-7-2-9(23)5-11(7)18/h3-4,7,9,11,20-22H,2,5-6,18-19H2,1H3. The van der Waals surface area contributed by atoms with E-state index in [4.69, 9.17) is 16.9 Å². The molecule has 122 valence electrons. The third-order valence-electron chi connectivity index (χ3n) is 5.29. The zero-order valence-corrected chi connectivity index (χ0v) is 13.0. The van der Waals surface area contributed by atoms with Crippen LogP contribution >= 0.6 is 0 Å². The molecule has 0 spiro atoms. The lowest BCUT2D eigenvalue weighted by atomic mass is 10.0. The second-order valence-electron chi connectivity index (χ2n) is 6.59. The van der Waals surface area contributed by atoms with Crippen molar-refractivity contribution in [1.82, 2.24) is 9.88 Å². The van der Waals surface area contributed by atoms with E-state index in [0.717, 1.165) is 24.9 Å². The monoisotopic (exact) mass is 316 g/mol. The Kier molecular flexibility index (Phi) is 3.02. The molecule has 0 radical (unpaired) electrons. The van der Waals surface area contributed by atoms with E-state index in [9.17, 15) is 4.39 Å². The van der Waals surface area contributed by atoms with Gasteiger partial charge < -0.3 is 26.7 Å². The summed E-state index contributed by atoms with van der Waals surface area (Å²) in [4.78, 5) is 5.15. The average molecular weight is 316 g/mol. The first-order valence-electron chi connectivity index (χ1n) is 7.89. The Balaban J connectivity index is 1.78. The summed E-state index contributed by atoms with van der Waals surface area (Å²) >= 11 is 0. The molecule has 3 unspecified atom stereocenters. The highest BCUT2D eigenvalue weighted by Gasteiger charge is 2.44. The molecular formula is C16H21FN6. The van der Waals surface area contributed by atoms with Crippen LogP contribution in [0.2, 0.25) is 0 Å². The summed E-state index contributed by atoms with van der Waals surface area (Å²) in [5, 5.41) is 12.2. The minimum Gasteiger partial charge on any atom is -0.386 e. The molecule has 1 aromatic heterocycles. The number of halogens is 1. The predicted octanol–water partition coefficient (Wildman–Crippen LogP) is 1.68. The Morgan fingerprint density at radius 2 is 2.22 bits per heavy atom. The zero-order chi connectivity index (χ0) is 16.3. The highest BCUT2D eigenvalue weighted by molar-refractivity contribution is 6.14. The quantitative estimate of drug-likeness (QED) is 0.429. The maximum atomic E-state index is 13.9. The number of piperidine rings is 1. The number of H-pyrrole nitrogens is 1. The number of rotatable bonds is 2. The van der Waals surface area contributed by atoms with Crippen LogP contribution in [0, 0.1) is 17.1 Å². The van der Waals surface area contributed by atoms with Crippen LogP contribution in [0.4, 0.5) is 15.9 Å². The molecule has 1 aliphatic heterocycles. The number of hydrogen-bond acceptors (Lipinski definition) is 4. The second kappa shape index (κ2) is 4.86. The molecule has 2 aliphatic rings. The number of benzene rings is 1. The molecule has 2 bridgehead atoms. The molecule has 1 aromatic carbocycles. The maximum Gasteiger partial charge on any atom is 0.132 e. The predicted molar refractivity (Wildman–Crippen MR) is 90.2 cm³/mol. The van der Waals surface area contributed by atoms with E-state index in [1.54, 1.807) is 7.05 Å². The molecule has 4 rings (SSSR count). The van der Waals surface area contributed by atoms with Gasteiger partial charge >= 0.3 is 0 Å². The Morgan fingerprint density at radius 1 is 1.43 bits per heavy atom. The highest BCUT2D eigenvalue weighted by Crippen LogP contribution is 2.39. The summed E-state index contributed by atoms with van der Waals surface area (Å²) in [7, 11) is 1.73. The summed E-state index contributed by atoms with van der Waals surface area (Å²) in [5.41, 5.74) is 14.2. The molecule has 1 saturated carbocycles. The minimum absolute atomic E-state index is 0.234. The minimum atomic E-state index is -0.347. The van der Waals surface area contributed by atoms with E-state index in [1.165, 1.54) is 12.1 Å². The molecule has 2 fully saturated rings. The van der Waals surface area contributed by atoms with Crippen LogP contribution in [-0.2, 0) is 0 Å². The number of likely N-dealkylation sites (tertiary alicyclic amines) is 1.